The number of ether oxygens (including phenoxy) is 1. The van der Waals surface area contributed by atoms with Crippen molar-refractivity contribution in [3.05, 3.63) is 53.9 Å². The molecule has 1 amide bonds. The summed E-state index contributed by atoms with van der Waals surface area (Å²) in [5.74, 6) is 0.775. The molecule has 0 saturated carbocycles. The van der Waals surface area contributed by atoms with E-state index in [4.69, 9.17) is 4.74 Å². The SMILES string of the molecule is COc1ccc(CCNC(=O)c2cncc(N3CCCCCC3)c2)cc1. The van der Waals surface area contributed by atoms with E-state index in [2.05, 4.69) is 15.2 Å². The zero-order chi connectivity index (χ0) is 18.2. The molecule has 0 atom stereocenters. The molecule has 1 fully saturated rings. The summed E-state index contributed by atoms with van der Waals surface area (Å²) in [6, 6.07) is 9.87. The molecule has 2 heterocycles. The molecule has 1 aromatic heterocycles. The maximum atomic E-state index is 12.4. The molecule has 0 radical (unpaired) electrons. The van der Waals surface area contributed by atoms with Crippen molar-refractivity contribution in [3.63, 3.8) is 0 Å². The number of methoxy groups -OCH3 is 1. The Kier molecular flexibility index (Phi) is 6.47. The molecule has 5 heteroatoms. The highest BCUT2D eigenvalue weighted by molar-refractivity contribution is 5.94. The van der Waals surface area contributed by atoms with Gasteiger partial charge in [0.2, 0.25) is 0 Å². The van der Waals surface area contributed by atoms with Crippen molar-refractivity contribution < 1.29 is 9.53 Å². The summed E-state index contributed by atoms with van der Waals surface area (Å²) in [5, 5.41) is 2.99. The Hall–Kier alpha value is -2.56. The number of carbonyl (C=O) groups is 1. The Morgan fingerprint density at radius 2 is 1.85 bits per heavy atom. The van der Waals surface area contributed by atoms with Crippen LogP contribution in [0, 0.1) is 0 Å². The third-order valence-corrected chi connectivity index (χ3v) is 4.82. The quantitative estimate of drug-likeness (QED) is 0.864. The predicted molar refractivity (Wildman–Crippen MR) is 104 cm³/mol. The van der Waals surface area contributed by atoms with Crippen molar-refractivity contribution in [1.82, 2.24) is 10.3 Å². The van der Waals surface area contributed by atoms with Gasteiger partial charge in [-0.05, 0) is 43.0 Å². The molecule has 26 heavy (non-hydrogen) atoms. The van der Waals surface area contributed by atoms with E-state index in [1.807, 2.05) is 36.5 Å². The molecule has 3 rings (SSSR count). The fourth-order valence-corrected chi connectivity index (χ4v) is 3.27. The third-order valence-electron chi connectivity index (χ3n) is 4.82. The van der Waals surface area contributed by atoms with Gasteiger partial charge < -0.3 is 15.0 Å². The van der Waals surface area contributed by atoms with Crippen LogP contribution in [0.15, 0.2) is 42.7 Å². The van der Waals surface area contributed by atoms with Crippen LogP contribution >= 0.6 is 0 Å². The van der Waals surface area contributed by atoms with Crippen molar-refractivity contribution in [2.45, 2.75) is 32.1 Å². The van der Waals surface area contributed by atoms with E-state index in [1.54, 1.807) is 13.3 Å². The van der Waals surface area contributed by atoms with Crippen LogP contribution in [-0.4, -0.2) is 37.6 Å². The van der Waals surface area contributed by atoms with Crippen molar-refractivity contribution in [2.24, 2.45) is 0 Å². The summed E-state index contributed by atoms with van der Waals surface area (Å²) < 4.78 is 5.16. The Morgan fingerprint density at radius 3 is 2.54 bits per heavy atom. The average Bonchev–Trinajstić information content (AvgIpc) is 2.98. The van der Waals surface area contributed by atoms with Crippen molar-refractivity contribution in [1.29, 1.82) is 0 Å². The molecule has 0 unspecified atom stereocenters. The second-order valence-electron chi connectivity index (χ2n) is 6.69. The lowest BCUT2D eigenvalue weighted by molar-refractivity contribution is 0.0954. The minimum Gasteiger partial charge on any atom is -0.497 e. The molecule has 2 aromatic rings. The molecule has 1 aliphatic rings. The van der Waals surface area contributed by atoms with Crippen molar-refractivity contribution >= 4 is 11.6 Å². The van der Waals surface area contributed by atoms with Crippen molar-refractivity contribution in [2.75, 3.05) is 31.6 Å². The molecular weight excluding hydrogens is 326 g/mol. The first kappa shape index (κ1) is 18.2. The first-order valence-corrected chi connectivity index (χ1v) is 9.37. The van der Waals surface area contributed by atoms with Gasteiger partial charge in [-0.15, -0.1) is 0 Å². The first-order valence-electron chi connectivity index (χ1n) is 9.37. The molecule has 1 aliphatic heterocycles. The molecule has 1 N–H and O–H groups in total. The smallest absolute Gasteiger partial charge is 0.252 e. The lowest BCUT2D eigenvalue weighted by Gasteiger charge is -2.22. The fourth-order valence-electron chi connectivity index (χ4n) is 3.27. The van der Waals surface area contributed by atoms with Crippen LogP contribution in [0.3, 0.4) is 0 Å². The standard InChI is InChI=1S/C21H27N3O2/c1-26-20-8-6-17(7-9-20)10-11-23-21(25)18-14-19(16-22-15-18)24-12-4-2-3-5-13-24/h6-9,14-16H,2-5,10-13H2,1H3,(H,23,25). The fraction of sp³-hybridized carbons (Fsp3) is 0.429. The van der Waals surface area contributed by atoms with Gasteiger partial charge in [0.1, 0.15) is 5.75 Å². The van der Waals surface area contributed by atoms with Gasteiger partial charge in [-0.1, -0.05) is 25.0 Å². The molecule has 1 saturated heterocycles. The number of amides is 1. The highest BCUT2D eigenvalue weighted by Gasteiger charge is 2.13. The maximum absolute atomic E-state index is 12.4. The highest BCUT2D eigenvalue weighted by atomic mass is 16.5. The minimum atomic E-state index is -0.0670. The van der Waals surface area contributed by atoms with Crippen LogP contribution in [0.25, 0.3) is 0 Å². The topological polar surface area (TPSA) is 54.5 Å². The monoisotopic (exact) mass is 353 g/mol. The number of rotatable bonds is 6. The number of pyridine rings is 1. The third kappa shape index (κ3) is 4.97. The van der Waals surface area contributed by atoms with Gasteiger partial charge in [0.25, 0.3) is 5.91 Å². The zero-order valence-corrected chi connectivity index (χ0v) is 15.4. The minimum absolute atomic E-state index is 0.0670. The molecule has 0 aliphatic carbocycles. The van der Waals surface area contributed by atoms with Crippen LogP contribution in [0.1, 0.15) is 41.6 Å². The van der Waals surface area contributed by atoms with E-state index in [-0.39, 0.29) is 5.91 Å². The summed E-state index contributed by atoms with van der Waals surface area (Å²) in [6.07, 6.45) is 9.28. The molecule has 1 aromatic carbocycles. The molecular formula is C21H27N3O2. The van der Waals surface area contributed by atoms with Crippen LogP contribution in [0.5, 0.6) is 5.75 Å². The predicted octanol–water partition coefficient (Wildman–Crippen LogP) is 3.44. The van der Waals surface area contributed by atoms with E-state index in [1.165, 1.54) is 31.2 Å². The maximum Gasteiger partial charge on any atom is 0.252 e. The Morgan fingerprint density at radius 1 is 1.12 bits per heavy atom. The lowest BCUT2D eigenvalue weighted by Crippen LogP contribution is -2.27. The van der Waals surface area contributed by atoms with E-state index in [9.17, 15) is 4.79 Å². The van der Waals surface area contributed by atoms with Crippen LogP contribution in [-0.2, 0) is 6.42 Å². The lowest BCUT2D eigenvalue weighted by atomic mass is 10.1. The van der Waals surface area contributed by atoms with E-state index in [0.717, 1.165) is 30.9 Å². The normalized spacial score (nSPS) is 14.6. The van der Waals surface area contributed by atoms with Gasteiger partial charge in [-0.3, -0.25) is 9.78 Å². The second kappa shape index (κ2) is 9.22. The van der Waals surface area contributed by atoms with Gasteiger partial charge in [0, 0.05) is 25.8 Å². The summed E-state index contributed by atoms with van der Waals surface area (Å²) in [5.41, 5.74) is 2.85. The highest BCUT2D eigenvalue weighted by Crippen LogP contribution is 2.19. The number of hydrogen-bond donors (Lipinski definition) is 1. The number of anilines is 1. The van der Waals surface area contributed by atoms with Crippen LogP contribution < -0.4 is 15.0 Å². The Labute approximate surface area is 155 Å². The number of nitrogens with one attached hydrogen (secondary N) is 1. The number of carbonyl (C=O) groups excluding carboxylic acids is 1. The van der Waals surface area contributed by atoms with Crippen molar-refractivity contribution in [3.8, 4) is 5.75 Å². The summed E-state index contributed by atoms with van der Waals surface area (Å²) in [7, 11) is 1.66. The number of aromatic nitrogens is 1. The van der Waals surface area contributed by atoms with Gasteiger partial charge in [-0.2, -0.15) is 0 Å². The van der Waals surface area contributed by atoms with Gasteiger partial charge in [0.15, 0.2) is 0 Å². The molecule has 0 bridgehead atoms. The van der Waals surface area contributed by atoms with Gasteiger partial charge in [0.05, 0.1) is 24.6 Å². The van der Waals surface area contributed by atoms with E-state index < -0.39 is 0 Å². The first-order chi connectivity index (χ1) is 12.8. The van der Waals surface area contributed by atoms with E-state index in [0.29, 0.717) is 12.1 Å². The molecule has 138 valence electrons. The van der Waals surface area contributed by atoms with E-state index >= 15 is 0 Å². The summed E-state index contributed by atoms with van der Waals surface area (Å²) >= 11 is 0. The number of benzene rings is 1. The molecule has 0 spiro atoms. The zero-order valence-electron chi connectivity index (χ0n) is 15.4. The summed E-state index contributed by atoms with van der Waals surface area (Å²) in [4.78, 5) is 19.1. The second-order valence-corrected chi connectivity index (χ2v) is 6.69. The molecule has 5 nitrogen and oxygen atoms in total. The van der Waals surface area contributed by atoms with Gasteiger partial charge in [-0.25, -0.2) is 0 Å². The van der Waals surface area contributed by atoms with Crippen LogP contribution in [0.4, 0.5) is 5.69 Å². The summed E-state index contributed by atoms with van der Waals surface area (Å²) in [6.45, 7) is 2.69. The Balaban J connectivity index is 1.54. The average molecular weight is 353 g/mol. The van der Waals surface area contributed by atoms with Gasteiger partial charge >= 0.3 is 0 Å². The Bertz CT molecular complexity index is 707. The van der Waals surface area contributed by atoms with Crippen LogP contribution in [0.2, 0.25) is 0 Å². The number of nitrogens with zero attached hydrogens (tertiary/aromatic N) is 2. The largest absolute Gasteiger partial charge is 0.497 e. The number of hydrogen-bond acceptors (Lipinski definition) is 4.